The first-order chi connectivity index (χ1) is 18.1. The van der Waals surface area contributed by atoms with Crippen molar-refractivity contribution < 1.29 is 19.1 Å². The number of carbonyl (C=O) groups excluding carboxylic acids is 2. The SMILES string of the molecule is Cc1ccc2nc(N[C@H]3CN(C(=O)OC(C)(C)C)C[C@@H]3OC(=O)c3ccc(-c4ccccc4)cc3)[nH]c2c1. The number of aryl methyl sites for hydroxylation is 1. The number of H-pyrrole nitrogens is 1. The largest absolute Gasteiger partial charge is 0.455 e. The number of likely N-dealkylation sites (tertiary alicyclic amines) is 1. The van der Waals surface area contributed by atoms with E-state index < -0.39 is 23.8 Å². The second-order valence-corrected chi connectivity index (χ2v) is 10.6. The predicted molar refractivity (Wildman–Crippen MR) is 147 cm³/mol. The van der Waals surface area contributed by atoms with Crippen molar-refractivity contribution >= 4 is 29.0 Å². The smallest absolute Gasteiger partial charge is 0.410 e. The van der Waals surface area contributed by atoms with Crippen molar-refractivity contribution in [3.63, 3.8) is 0 Å². The Kier molecular flexibility index (Phi) is 6.80. The Balaban J connectivity index is 1.33. The molecule has 0 radical (unpaired) electrons. The monoisotopic (exact) mass is 512 g/mol. The molecule has 5 rings (SSSR count). The highest BCUT2D eigenvalue weighted by atomic mass is 16.6. The van der Waals surface area contributed by atoms with E-state index in [2.05, 4.69) is 15.3 Å². The van der Waals surface area contributed by atoms with E-state index in [-0.39, 0.29) is 12.6 Å². The number of hydrogen-bond donors (Lipinski definition) is 2. The Morgan fingerprint density at radius 1 is 0.974 bits per heavy atom. The molecular formula is C30H32N4O4. The van der Waals surface area contributed by atoms with Crippen molar-refractivity contribution in [3.8, 4) is 11.1 Å². The van der Waals surface area contributed by atoms with E-state index in [4.69, 9.17) is 9.47 Å². The second-order valence-electron chi connectivity index (χ2n) is 10.6. The minimum Gasteiger partial charge on any atom is -0.455 e. The summed E-state index contributed by atoms with van der Waals surface area (Å²) in [6.07, 6.45) is -1.05. The Labute approximate surface area is 222 Å². The van der Waals surface area contributed by atoms with Crippen molar-refractivity contribution in [1.29, 1.82) is 0 Å². The third-order valence-corrected chi connectivity index (χ3v) is 6.36. The van der Waals surface area contributed by atoms with Gasteiger partial charge >= 0.3 is 12.1 Å². The number of carbonyl (C=O) groups is 2. The number of anilines is 1. The maximum absolute atomic E-state index is 13.1. The predicted octanol–water partition coefficient (Wildman–Crippen LogP) is 5.80. The van der Waals surface area contributed by atoms with Gasteiger partial charge in [-0.15, -0.1) is 0 Å². The Bertz CT molecular complexity index is 1440. The number of rotatable bonds is 5. The van der Waals surface area contributed by atoms with Crippen LogP contribution >= 0.6 is 0 Å². The first-order valence-electron chi connectivity index (χ1n) is 12.7. The highest BCUT2D eigenvalue weighted by Gasteiger charge is 2.40. The zero-order valence-electron chi connectivity index (χ0n) is 22.0. The number of hydrogen-bond acceptors (Lipinski definition) is 6. The van der Waals surface area contributed by atoms with Gasteiger partial charge < -0.3 is 24.7 Å². The number of nitrogens with one attached hydrogen (secondary N) is 2. The molecule has 0 unspecified atom stereocenters. The highest BCUT2D eigenvalue weighted by molar-refractivity contribution is 5.90. The van der Waals surface area contributed by atoms with Crippen LogP contribution in [-0.2, 0) is 9.47 Å². The van der Waals surface area contributed by atoms with Gasteiger partial charge in [-0.3, -0.25) is 0 Å². The number of aromatic nitrogens is 2. The Hall–Kier alpha value is -4.33. The summed E-state index contributed by atoms with van der Waals surface area (Å²) in [6.45, 7) is 8.00. The molecule has 4 aromatic rings. The van der Waals surface area contributed by atoms with Gasteiger partial charge in [0.25, 0.3) is 0 Å². The van der Waals surface area contributed by atoms with E-state index in [0.29, 0.717) is 18.1 Å². The fourth-order valence-electron chi connectivity index (χ4n) is 4.51. The molecule has 0 aliphatic carbocycles. The van der Waals surface area contributed by atoms with Crippen molar-refractivity contribution in [2.75, 3.05) is 18.4 Å². The van der Waals surface area contributed by atoms with Gasteiger partial charge in [-0.05, 0) is 68.7 Å². The zero-order chi connectivity index (χ0) is 26.9. The van der Waals surface area contributed by atoms with E-state index in [1.165, 1.54) is 0 Å². The minimum absolute atomic E-state index is 0.208. The third-order valence-electron chi connectivity index (χ3n) is 6.36. The summed E-state index contributed by atoms with van der Waals surface area (Å²) in [4.78, 5) is 35.4. The number of nitrogens with zero attached hydrogens (tertiary/aromatic N) is 2. The molecule has 2 N–H and O–H groups in total. The molecule has 1 aliphatic rings. The molecular weight excluding hydrogens is 480 g/mol. The molecule has 1 saturated heterocycles. The standard InChI is InChI=1S/C30H32N4O4/c1-19-10-15-23-24(16-19)32-28(31-23)33-25-17-34(29(36)38-30(2,3)4)18-26(25)37-27(35)22-13-11-21(12-14-22)20-8-6-5-7-9-20/h5-16,25-26H,17-18H2,1-4H3,(H2,31,32,33)/t25-,26-/m0/s1. The first kappa shape index (κ1) is 25.3. The number of amides is 1. The van der Waals surface area contributed by atoms with Crippen LogP contribution in [0.3, 0.4) is 0 Å². The van der Waals surface area contributed by atoms with Crippen LogP contribution in [0.15, 0.2) is 72.8 Å². The highest BCUT2D eigenvalue weighted by Crippen LogP contribution is 2.24. The molecule has 38 heavy (non-hydrogen) atoms. The average Bonchev–Trinajstić information content (AvgIpc) is 3.47. The quantitative estimate of drug-likeness (QED) is 0.328. The fraction of sp³-hybridized carbons (Fsp3) is 0.300. The normalized spacial score (nSPS) is 17.4. The van der Waals surface area contributed by atoms with Gasteiger partial charge in [0.05, 0.1) is 29.2 Å². The van der Waals surface area contributed by atoms with Gasteiger partial charge in [0.15, 0.2) is 0 Å². The molecule has 196 valence electrons. The lowest BCUT2D eigenvalue weighted by Gasteiger charge is -2.24. The van der Waals surface area contributed by atoms with Crippen molar-refractivity contribution in [3.05, 3.63) is 83.9 Å². The lowest BCUT2D eigenvalue weighted by molar-refractivity contribution is 0.0187. The number of imidazole rings is 1. The Morgan fingerprint density at radius 3 is 2.39 bits per heavy atom. The third kappa shape index (κ3) is 5.80. The average molecular weight is 513 g/mol. The van der Waals surface area contributed by atoms with Crippen LogP contribution in [0.25, 0.3) is 22.2 Å². The molecule has 0 saturated carbocycles. The number of aromatic amines is 1. The molecule has 1 aromatic heterocycles. The molecule has 1 aliphatic heterocycles. The van der Waals surface area contributed by atoms with Crippen molar-refractivity contribution in [2.24, 2.45) is 0 Å². The van der Waals surface area contributed by atoms with Crippen LogP contribution in [-0.4, -0.2) is 57.8 Å². The van der Waals surface area contributed by atoms with Gasteiger partial charge in [-0.25, -0.2) is 14.6 Å². The molecule has 0 spiro atoms. The fourth-order valence-corrected chi connectivity index (χ4v) is 4.51. The molecule has 0 bridgehead atoms. The summed E-state index contributed by atoms with van der Waals surface area (Å²) in [5.41, 5.74) is 4.74. The number of benzene rings is 3. The topological polar surface area (TPSA) is 96.6 Å². The zero-order valence-corrected chi connectivity index (χ0v) is 22.0. The van der Waals surface area contributed by atoms with Crippen molar-refractivity contribution in [1.82, 2.24) is 14.9 Å². The first-order valence-corrected chi connectivity index (χ1v) is 12.7. The van der Waals surface area contributed by atoms with Crippen LogP contribution in [0.4, 0.5) is 10.7 Å². The second kappa shape index (κ2) is 10.2. The van der Waals surface area contributed by atoms with E-state index >= 15 is 0 Å². The number of ether oxygens (including phenoxy) is 2. The van der Waals surface area contributed by atoms with Gasteiger partial charge in [-0.1, -0.05) is 48.5 Å². The summed E-state index contributed by atoms with van der Waals surface area (Å²) >= 11 is 0. The molecule has 1 fully saturated rings. The molecule has 1 amide bonds. The van der Waals surface area contributed by atoms with E-state index in [9.17, 15) is 9.59 Å². The number of fused-ring (bicyclic) bond motifs is 1. The summed E-state index contributed by atoms with van der Waals surface area (Å²) < 4.78 is 11.5. The maximum Gasteiger partial charge on any atom is 0.410 e. The van der Waals surface area contributed by atoms with Gasteiger partial charge in [-0.2, -0.15) is 0 Å². The summed E-state index contributed by atoms with van der Waals surface area (Å²) in [6, 6.07) is 22.9. The van der Waals surface area contributed by atoms with Gasteiger partial charge in [0.2, 0.25) is 5.95 Å². The molecule has 3 aromatic carbocycles. The van der Waals surface area contributed by atoms with Crippen LogP contribution in [0.1, 0.15) is 36.7 Å². The number of esters is 1. The lowest BCUT2D eigenvalue weighted by atomic mass is 10.0. The van der Waals surface area contributed by atoms with Gasteiger partial charge in [0, 0.05) is 6.54 Å². The summed E-state index contributed by atoms with van der Waals surface area (Å²) in [7, 11) is 0. The Morgan fingerprint density at radius 2 is 1.68 bits per heavy atom. The van der Waals surface area contributed by atoms with E-state index in [0.717, 1.165) is 27.7 Å². The minimum atomic E-state index is -0.633. The summed E-state index contributed by atoms with van der Waals surface area (Å²) in [5.74, 6) is 0.0996. The van der Waals surface area contributed by atoms with Crippen LogP contribution in [0.2, 0.25) is 0 Å². The molecule has 8 heteroatoms. The van der Waals surface area contributed by atoms with E-state index in [1.807, 2.05) is 88.4 Å². The van der Waals surface area contributed by atoms with Crippen LogP contribution in [0.5, 0.6) is 0 Å². The molecule has 8 nitrogen and oxygen atoms in total. The summed E-state index contributed by atoms with van der Waals surface area (Å²) in [5, 5.41) is 3.34. The maximum atomic E-state index is 13.1. The molecule has 2 atom stereocenters. The lowest BCUT2D eigenvalue weighted by Crippen LogP contribution is -2.36. The molecule has 2 heterocycles. The van der Waals surface area contributed by atoms with Gasteiger partial charge in [0.1, 0.15) is 11.7 Å². The van der Waals surface area contributed by atoms with E-state index in [1.54, 1.807) is 17.0 Å². The van der Waals surface area contributed by atoms with Crippen LogP contribution in [0, 0.1) is 6.92 Å². The van der Waals surface area contributed by atoms with Crippen molar-refractivity contribution in [2.45, 2.75) is 45.4 Å². The van der Waals surface area contributed by atoms with Crippen LogP contribution < -0.4 is 5.32 Å².